The van der Waals surface area contributed by atoms with Crippen LogP contribution in [0, 0.1) is 0 Å². The molecule has 0 saturated heterocycles. The Kier molecular flexibility index (Phi) is 1.38. The van der Waals surface area contributed by atoms with Gasteiger partial charge in [-0.15, -0.1) is 11.3 Å². The summed E-state index contributed by atoms with van der Waals surface area (Å²) in [7, 11) is 0. The van der Waals surface area contributed by atoms with Gasteiger partial charge in [0, 0.05) is 5.92 Å². The molecular formula is C7H9NOS. The molecule has 1 aromatic rings. The van der Waals surface area contributed by atoms with Crippen LogP contribution in [0.25, 0.3) is 0 Å². The molecule has 1 heterocycles. The second-order valence-corrected chi connectivity index (χ2v) is 3.56. The summed E-state index contributed by atoms with van der Waals surface area (Å²) in [5, 5.41) is 11.7. The van der Waals surface area contributed by atoms with Crippen molar-refractivity contribution in [3.63, 3.8) is 0 Å². The number of rotatable bonds is 1. The Hall–Kier alpha value is -0.570. The molecule has 3 heteroatoms. The lowest BCUT2D eigenvalue weighted by Crippen LogP contribution is -2.07. The van der Waals surface area contributed by atoms with Gasteiger partial charge < -0.3 is 5.11 Å². The number of hydrogen-bond donors (Lipinski definition) is 1. The first kappa shape index (κ1) is 6.16. The van der Waals surface area contributed by atoms with Gasteiger partial charge in [-0.05, 0) is 12.8 Å². The summed E-state index contributed by atoms with van der Waals surface area (Å²) in [5.41, 5.74) is 0. The number of hydrogen-bond acceptors (Lipinski definition) is 3. The van der Waals surface area contributed by atoms with Gasteiger partial charge in [0.2, 0.25) is 5.88 Å². The zero-order chi connectivity index (χ0) is 6.97. The summed E-state index contributed by atoms with van der Waals surface area (Å²) in [5.74, 6) is 0.845. The van der Waals surface area contributed by atoms with Crippen LogP contribution in [0.15, 0.2) is 5.38 Å². The lowest BCUT2D eigenvalue weighted by molar-refractivity contribution is 0.408. The summed E-state index contributed by atoms with van der Waals surface area (Å²) < 4.78 is 0. The van der Waals surface area contributed by atoms with Crippen LogP contribution in [0.4, 0.5) is 0 Å². The van der Waals surface area contributed by atoms with Crippen LogP contribution in [-0.4, -0.2) is 10.1 Å². The molecular weight excluding hydrogens is 146 g/mol. The van der Waals surface area contributed by atoms with Crippen LogP contribution in [0.5, 0.6) is 5.88 Å². The van der Waals surface area contributed by atoms with E-state index in [1.807, 2.05) is 0 Å². The van der Waals surface area contributed by atoms with Crippen molar-refractivity contribution >= 4 is 11.3 Å². The van der Waals surface area contributed by atoms with Gasteiger partial charge in [0.1, 0.15) is 0 Å². The van der Waals surface area contributed by atoms with Gasteiger partial charge in [-0.2, -0.15) is 0 Å². The van der Waals surface area contributed by atoms with Gasteiger partial charge in [-0.1, -0.05) is 6.42 Å². The fourth-order valence-electron chi connectivity index (χ4n) is 1.12. The van der Waals surface area contributed by atoms with Gasteiger partial charge >= 0.3 is 0 Å². The number of aromatic nitrogens is 1. The van der Waals surface area contributed by atoms with Crippen LogP contribution in [0.2, 0.25) is 0 Å². The van der Waals surface area contributed by atoms with E-state index in [4.69, 9.17) is 5.11 Å². The van der Waals surface area contributed by atoms with Crippen LogP contribution >= 0.6 is 11.3 Å². The molecule has 0 aromatic carbocycles. The Morgan fingerprint density at radius 3 is 2.80 bits per heavy atom. The van der Waals surface area contributed by atoms with Gasteiger partial charge in [-0.3, -0.25) is 0 Å². The minimum absolute atomic E-state index is 0.187. The van der Waals surface area contributed by atoms with Crippen molar-refractivity contribution in [2.45, 2.75) is 25.2 Å². The summed E-state index contributed by atoms with van der Waals surface area (Å²) >= 11 is 1.57. The first-order valence-electron chi connectivity index (χ1n) is 3.50. The SMILES string of the molecule is Oc1csc(C2CCC2)n1. The van der Waals surface area contributed by atoms with E-state index in [0.717, 1.165) is 5.01 Å². The average Bonchev–Trinajstić information content (AvgIpc) is 2.10. The highest BCUT2D eigenvalue weighted by atomic mass is 32.1. The average molecular weight is 155 g/mol. The van der Waals surface area contributed by atoms with Gasteiger partial charge in [0.15, 0.2) is 0 Å². The van der Waals surface area contributed by atoms with Crippen molar-refractivity contribution in [1.82, 2.24) is 4.98 Å². The standard InChI is InChI=1S/C7H9NOS/c9-6-4-10-7(8-6)5-2-1-3-5/h4-5,9H,1-3H2. The fraction of sp³-hybridized carbons (Fsp3) is 0.571. The van der Waals surface area contributed by atoms with Crippen molar-refractivity contribution < 1.29 is 5.11 Å². The third-order valence-corrected chi connectivity index (χ3v) is 2.96. The van der Waals surface area contributed by atoms with Crippen molar-refractivity contribution in [3.05, 3.63) is 10.4 Å². The molecule has 0 spiro atoms. The number of aromatic hydroxyl groups is 1. The molecule has 0 unspecified atom stereocenters. The Bertz CT molecular complexity index is 229. The van der Waals surface area contributed by atoms with E-state index >= 15 is 0 Å². The molecule has 0 radical (unpaired) electrons. The first-order valence-corrected chi connectivity index (χ1v) is 4.38. The second kappa shape index (κ2) is 2.23. The number of thiazole rings is 1. The van der Waals surface area contributed by atoms with Crippen LogP contribution in [0.1, 0.15) is 30.2 Å². The summed E-state index contributed by atoms with van der Waals surface area (Å²) in [6.45, 7) is 0. The first-order chi connectivity index (χ1) is 4.86. The molecule has 0 aliphatic heterocycles. The summed E-state index contributed by atoms with van der Waals surface area (Å²) in [6, 6.07) is 0. The zero-order valence-electron chi connectivity index (χ0n) is 5.58. The monoisotopic (exact) mass is 155 g/mol. The molecule has 10 heavy (non-hydrogen) atoms. The molecule has 54 valence electrons. The van der Waals surface area contributed by atoms with E-state index in [0.29, 0.717) is 5.92 Å². The fourth-order valence-corrected chi connectivity index (χ4v) is 1.97. The Balaban J connectivity index is 2.17. The van der Waals surface area contributed by atoms with Crippen LogP contribution in [-0.2, 0) is 0 Å². The Labute approximate surface area is 63.5 Å². The van der Waals surface area contributed by atoms with Gasteiger partial charge in [0.25, 0.3) is 0 Å². The summed E-state index contributed by atoms with van der Waals surface area (Å²) in [6.07, 6.45) is 3.84. The molecule has 0 amide bonds. The van der Waals surface area contributed by atoms with E-state index in [9.17, 15) is 0 Å². The third kappa shape index (κ3) is 0.904. The molecule has 0 atom stereocenters. The zero-order valence-corrected chi connectivity index (χ0v) is 6.40. The van der Waals surface area contributed by atoms with Crippen LogP contribution < -0.4 is 0 Å². The maximum absolute atomic E-state index is 8.92. The highest BCUT2D eigenvalue weighted by Gasteiger charge is 2.22. The molecule has 1 aromatic heterocycles. The topological polar surface area (TPSA) is 33.1 Å². The van der Waals surface area contributed by atoms with Gasteiger partial charge in [0.05, 0.1) is 10.4 Å². The quantitative estimate of drug-likeness (QED) is 0.673. The van der Waals surface area contributed by atoms with Crippen LogP contribution in [0.3, 0.4) is 0 Å². The normalized spacial score (nSPS) is 18.8. The Morgan fingerprint density at radius 1 is 1.60 bits per heavy atom. The molecule has 2 rings (SSSR count). The van der Waals surface area contributed by atoms with E-state index in [2.05, 4.69) is 4.98 Å². The lowest BCUT2D eigenvalue weighted by Gasteiger charge is -2.22. The van der Waals surface area contributed by atoms with Gasteiger partial charge in [-0.25, -0.2) is 4.98 Å². The van der Waals surface area contributed by atoms with Crippen molar-refractivity contribution in [1.29, 1.82) is 0 Å². The van der Waals surface area contributed by atoms with E-state index in [1.165, 1.54) is 19.3 Å². The largest absolute Gasteiger partial charge is 0.493 e. The molecule has 1 saturated carbocycles. The second-order valence-electron chi connectivity index (χ2n) is 2.67. The predicted octanol–water partition coefficient (Wildman–Crippen LogP) is 2.12. The minimum atomic E-state index is 0.187. The smallest absolute Gasteiger partial charge is 0.222 e. The molecule has 0 bridgehead atoms. The maximum Gasteiger partial charge on any atom is 0.222 e. The van der Waals surface area contributed by atoms with Crippen molar-refractivity contribution in [2.75, 3.05) is 0 Å². The Morgan fingerprint density at radius 2 is 2.40 bits per heavy atom. The molecule has 1 aliphatic rings. The molecule has 2 nitrogen and oxygen atoms in total. The molecule has 1 N–H and O–H groups in total. The van der Waals surface area contributed by atoms with E-state index in [1.54, 1.807) is 16.7 Å². The third-order valence-electron chi connectivity index (χ3n) is 1.96. The highest BCUT2D eigenvalue weighted by Crippen LogP contribution is 2.38. The lowest BCUT2D eigenvalue weighted by atomic mass is 9.86. The molecule has 1 aliphatic carbocycles. The minimum Gasteiger partial charge on any atom is -0.493 e. The highest BCUT2D eigenvalue weighted by molar-refractivity contribution is 7.09. The van der Waals surface area contributed by atoms with E-state index < -0.39 is 0 Å². The number of nitrogens with zero attached hydrogens (tertiary/aromatic N) is 1. The van der Waals surface area contributed by atoms with Crippen molar-refractivity contribution in [3.8, 4) is 5.88 Å². The predicted molar refractivity (Wildman–Crippen MR) is 40.4 cm³/mol. The molecule has 1 fully saturated rings. The van der Waals surface area contributed by atoms with E-state index in [-0.39, 0.29) is 5.88 Å². The van der Waals surface area contributed by atoms with Crippen molar-refractivity contribution in [2.24, 2.45) is 0 Å². The maximum atomic E-state index is 8.92. The summed E-state index contributed by atoms with van der Waals surface area (Å²) in [4.78, 5) is 4.01.